The van der Waals surface area contributed by atoms with E-state index in [0.717, 1.165) is 63.6 Å². The van der Waals surface area contributed by atoms with E-state index >= 15 is 0 Å². The second-order valence-electron chi connectivity index (χ2n) is 10.1. The number of rotatable bonds is 11. The highest BCUT2D eigenvalue weighted by molar-refractivity contribution is 5.94. The quantitative estimate of drug-likeness (QED) is 0.293. The van der Waals surface area contributed by atoms with E-state index in [2.05, 4.69) is 29.7 Å². The molecule has 6 heteroatoms. The number of hydrogen-bond acceptors (Lipinski definition) is 4. The van der Waals surface area contributed by atoms with Gasteiger partial charge in [-0.05, 0) is 94.0 Å². The van der Waals surface area contributed by atoms with Gasteiger partial charge in [-0.2, -0.15) is 0 Å². The van der Waals surface area contributed by atoms with Gasteiger partial charge in [0.2, 0.25) is 0 Å². The maximum atomic E-state index is 12.8. The average molecular weight is 493 g/mol. The number of nitrogens with one attached hydrogen (secondary N) is 2. The van der Waals surface area contributed by atoms with E-state index in [1.165, 1.54) is 44.8 Å². The first-order chi connectivity index (χ1) is 16.1. The highest BCUT2D eigenvalue weighted by Crippen LogP contribution is 2.32. The Kier molecular flexibility index (Phi) is 13.0. The number of ether oxygens (including phenoxy) is 1. The first kappa shape index (κ1) is 28.6. The predicted molar refractivity (Wildman–Crippen MR) is 141 cm³/mol. The van der Waals surface area contributed by atoms with Crippen molar-refractivity contribution in [3.8, 4) is 0 Å². The Morgan fingerprint density at radius 3 is 2.29 bits per heavy atom. The molecule has 2 aliphatic rings. The molecule has 1 saturated carbocycles. The normalized spacial score (nSPS) is 21.8. The Balaban J connectivity index is 0.00000408. The second-order valence-corrected chi connectivity index (χ2v) is 10.1. The summed E-state index contributed by atoms with van der Waals surface area (Å²) in [4.78, 5) is 25.0. The van der Waals surface area contributed by atoms with Crippen molar-refractivity contribution in [1.29, 1.82) is 0 Å². The van der Waals surface area contributed by atoms with Gasteiger partial charge >= 0.3 is 5.97 Å². The van der Waals surface area contributed by atoms with E-state index in [-0.39, 0.29) is 36.2 Å². The number of benzene rings is 1. The first-order valence-electron chi connectivity index (χ1n) is 13.3. The number of piperidine rings is 1. The van der Waals surface area contributed by atoms with Gasteiger partial charge in [0, 0.05) is 11.6 Å². The lowest BCUT2D eigenvalue weighted by atomic mass is 9.79. The molecule has 192 valence electrons. The molecule has 1 aromatic carbocycles. The number of methoxy groups -OCH3 is 1. The fraction of sp³-hybridized carbons (Fsp3) is 0.714. The second kappa shape index (κ2) is 15.4. The molecule has 5 nitrogen and oxygen atoms in total. The molecule has 2 N–H and O–H groups in total. The molecule has 2 fully saturated rings. The van der Waals surface area contributed by atoms with E-state index in [1.54, 1.807) is 0 Å². The van der Waals surface area contributed by atoms with Crippen LogP contribution in [0.5, 0.6) is 0 Å². The summed E-state index contributed by atoms with van der Waals surface area (Å²) in [6.07, 6.45) is 13.1. The Labute approximate surface area is 212 Å². The van der Waals surface area contributed by atoms with E-state index in [9.17, 15) is 9.59 Å². The number of carbonyl (C=O) groups is 2. The summed E-state index contributed by atoms with van der Waals surface area (Å²) >= 11 is 0. The zero-order chi connectivity index (χ0) is 23.5. The largest absolute Gasteiger partial charge is 0.469 e. The molecule has 0 bridgehead atoms. The van der Waals surface area contributed by atoms with Crippen LogP contribution >= 0.6 is 12.4 Å². The maximum absolute atomic E-state index is 12.8. The summed E-state index contributed by atoms with van der Waals surface area (Å²) in [6, 6.07) is 8.47. The minimum Gasteiger partial charge on any atom is -0.469 e. The number of amides is 1. The molecule has 1 amide bonds. The van der Waals surface area contributed by atoms with Crippen LogP contribution in [0.25, 0.3) is 0 Å². The minimum absolute atomic E-state index is 0. The highest BCUT2D eigenvalue weighted by atomic mass is 35.5. The molecular formula is C28H45ClN2O3. The Bertz CT molecular complexity index is 726. The van der Waals surface area contributed by atoms with Gasteiger partial charge in [0.1, 0.15) is 0 Å². The molecular weight excluding hydrogens is 448 g/mol. The fourth-order valence-corrected chi connectivity index (χ4v) is 5.59. The number of hydrogen-bond donors (Lipinski definition) is 2. The molecule has 0 radical (unpaired) electrons. The summed E-state index contributed by atoms with van der Waals surface area (Å²) in [6.45, 7) is 4.36. The van der Waals surface area contributed by atoms with Gasteiger partial charge in [0.25, 0.3) is 5.91 Å². The predicted octanol–water partition coefficient (Wildman–Crippen LogP) is 6.01. The van der Waals surface area contributed by atoms with Crippen molar-refractivity contribution >= 4 is 24.3 Å². The van der Waals surface area contributed by atoms with Gasteiger partial charge in [0.15, 0.2) is 0 Å². The van der Waals surface area contributed by atoms with Crippen molar-refractivity contribution in [1.82, 2.24) is 10.6 Å². The van der Waals surface area contributed by atoms with Crippen LogP contribution in [0.1, 0.15) is 106 Å². The smallest absolute Gasteiger partial charge is 0.308 e. The van der Waals surface area contributed by atoms with Crippen molar-refractivity contribution in [3.05, 3.63) is 35.4 Å². The molecule has 0 aromatic heterocycles. The zero-order valence-electron chi connectivity index (χ0n) is 21.2. The monoisotopic (exact) mass is 492 g/mol. The fourth-order valence-electron chi connectivity index (χ4n) is 5.59. The molecule has 3 rings (SSSR count). The van der Waals surface area contributed by atoms with Gasteiger partial charge < -0.3 is 15.4 Å². The van der Waals surface area contributed by atoms with Gasteiger partial charge in [-0.1, -0.05) is 44.7 Å². The van der Waals surface area contributed by atoms with Gasteiger partial charge in [-0.3, -0.25) is 9.59 Å². The standard InChI is InChI=1S/C28H44N2O3.ClH/c1-3-4-5-6-7-25(28(32)33-2)20-21-8-14-26(15-9-21)30-27(31)24-12-10-22(11-13-24)23-16-18-29-19-17-23;/h10-13,21,23,25-26,29H,3-9,14-20H2,1-2H3,(H,30,31);1H/t21-,25?,26-;. The molecule has 1 saturated heterocycles. The van der Waals surface area contributed by atoms with Crippen molar-refractivity contribution in [2.45, 2.75) is 95.9 Å². The van der Waals surface area contributed by atoms with Gasteiger partial charge in [0.05, 0.1) is 13.0 Å². The lowest BCUT2D eigenvalue weighted by Crippen LogP contribution is -2.38. The topological polar surface area (TPSA) is 67.4 Å². The molecule has 34 heavy (non-hydrogen) atoms. The third-order valence-electron chi connectivity index (χ3n) is 7.72. The minimum atomic E-state index is -0.0464. The summed E-state index contributed by atoms with van der Waals surface area (Å²) in [7, 11) is 1.51. The molecule has 0 spiro atoms. The Morgan fingerprint density at radius 1 is 1.00 bits per heavy atom. The van der Waals surface area contributed by atoms with Crippen molar-refractivity contribution in [2.75, 3.05) is 20.2 Å². The Hall–Kier alpha value is -1.59. The molecule has 1 heterocycles. The Morgan fingerprint density at radius 2 is 1.68 bits per heavy atom. The summed E-state index contributed by atoms with van der Waals surface area (Å²) in [5, 5.41) is 6.66. The molecule has 1 aliphatic heterocycles. The lowest BCUT2D eigenvalue weighted by molar-refractivity contribution is -0.146. The van der Waals surface area contributed by atoms with Crippen LogP contribution < -0.4 is 10.6 Å². The maximum Gasteiger partial charge on any atom is 0.308 e. The van der Waals surface area contributed by atoms with Crippen molar-refractivity contribution in [2.24, 2.45) is 11.8 Å². The van der Waals surface area contributed by atoms with E-state index in [0.29, 0.717) is 11.8 Å². The van der Waals surface area contributed by atoms with Crippen LogP contribution in [0.4, 0.5) is 0 Å². The van der Waals surface area contributed by atoms with Crippen molar-refractivity contribution < 1.29 is 14.3 Å². The third kappa shape index (κ3) is 8.88. The summed E-state index contributed by atoms with van der Waals surface area (Å²) in [5.74, 6) is 1.19. The van der Waals surface area contributed by atoms with Crippen molar-refractivity contribution in [3.63, 3.8) is 0 Å². The van der Waals surface area contributed by atoms with Crippen LogP contribution in [0.2, 0.25) is 0 Å². The number of halogens is 1. The van der Waals surface area contributed by atoms with Gasteiger partial charge in [-0.25, -0.2) is 0 Å². The van der Waals surface area contributed by atoms with E-state index < -0.39 is 0 Å². The molecule has 1 unspecified atom stereocenters. The van der Waals surface area contributed by atoms with Crippen LogP contribution in [-0.4, -0.2) is 38.1 Å². The number of unbranched alkanes of at least 4 members (excludes halogenated alkanes) is 3. The van der Waals surface area contributed by atoms with Gasteiger partial charge in [-0.15, -0.1) is 12.4 Å². The summed E-state index contributed by atoms with van der Waals surface area (Å²) < 4.78 is 5.08. The molecule has 1 aliphatic carbocycles. The zero-order valence-corrected chi connectivity index (χ0v) is 22.0. The number of esters is 1. The van der Waals surface area contributed by atoms with E-state index in [4.69, 9.17) is 4.74 Å². The first-order valence-corrected chi connectivity index (χ1v) is 13.3. The summed E-state index contributed by atoms with van der Waals surface area (Å²) in [5.41, 5.74) is 2.11. The number of carbonyl (C=O) groups excluding carboxylic acids is 2. The average Bonchev–Trinajstić information content (AvgIpc) is 2.87. The van der Waals surface area contributed by atoms with E-state index in [1.807, 2.05) is 12.1 Å². The van der Waals surface area contributed by atoms with Crippen LogP contribution in [0.3, 0.4) is 0 Å². The van der Waals surface area contributed by atoms with Crippen LogP contribution in [0, 0.1) is 11.8 Å². The molecule has 1 aromatic rings. The SMILES string of the molecule is CCCCCCC(C[C@H]1CC[C@H](NC(=O)c2ccc(C3CCNCC3)cc2)CC1)C(=O)OC.Cl. The lowest BCUT2D eigenvalue weighted by Gasteiger charge is -2.31. The van der Waals surface area contributed by atoms with Crippen LogP contribution in [0.15, 0.2) is 24.3 Å². The highest BCUT2D eigenvalue weighted by Gasteiger charge is 2.28. The van der Waals surface area contributed by atoms with Crippen LogP contribution in [-0.2, 0) is 9.53 Å². The third-order valence-corrected chi connectivity index (χ3v) is 7.72. The molecule has 1 atom stereocenters.